The quantitative estimate of drug-likeness (QED) is 0.638. The summed E-state index contributed by atoms with van der Waals surface area (Å²) in [4.78, 5) is 0. The summed E-state index contributed by atoms with van der Waals surface area (Å²) in [5.74, 6) is 0.959. The van der Waals surface area contributed by atoms with E-state index < -0.39 is 0 Å². The van der Waals surface area contributed by atoms with Crippen molar-refractivity contribution in [3.8, 4) is 0 Å². The van der Waals surface area contributed by atoms with Gasteiger partial charge < -0.3 is 5.11 Å². The molecule has 0 amide bonds. The third-order valence-electron chi connectivity index (χ3n) is 2.60. The van der Waals surface area contributed by atoms with Crippen LogP contribution >= 0.6 is 0 Å². The van der Waals surface area contributed by atoms with Crippen molar-refractivity contribution in [1.29, 1.82) is 0 Å². The first kappa shape index (κ1) is 8.06. The summed E-state index contributed by atoms with van der Waals surface area (Å²) in [6.07, 6.45) is 7.43. The van der Waals surface area contributed by atoms with Gasteiger partial charge in [-0.3, -0.25) is 0 Å². The highest BCUT2D eigenvalue weighted by molar-refractivity contribution is 4.70. The van der Waals surface area contributed by atoms with Gasteiger partial charge in [0.25, 0.3) is 0 Å². The van der Waals surface area contributed by atoms with Gasteiger partial charge in [0, 0.05) is 0 Å². The Morgan fingerprint density at radius 3 is 2.60 bits per heavy atom. The standard InChI is InChI=1S/C9H18O/c1-2-9(10)7-6-8-4-3-5-8/h8-10H,2-7H2,1H3. The molecule has 1 aliphatic rings. The largest absolute Gasteiger partial charge is 0.393 e. The molecule has 0 spiro atoms. The van der Waals surface area contributed by atoms with E-state index in [2.05, 4.69) is 0 Å². The molecule has 1 atom stereocenters. The maximum Gasteiger partial charge on any atom is 0.0537 e. The molecule has 0 aromatic heterocycles. The van der Waals surface area contributed by atoms with Crippen molar-refractivity contribution < 1.29 is 5.11 Å². The van der Waals surface area contributed by atoms with Gasteiger partial charge in [-0.25, -0.2) is 0 Å². The van der Waals surface area contributed by atoms with Gasteiger partial charge in [0.1, 0.15) is 0 Å². The smallest absolute Gasteiger partial charge is 0.0537 e. The van der Waals surface area contributed by atoms with Gasteiger partial charge in [0.2, 0.25) is 0 Å². The Bertz CT molecular complexity index is 82.0. The van der Waals surface area contributed by atoms with E-state index in [0.717, 1.165) is 18.8 Å². The van der Waals surface area contributed by atoms with Crippen molar-refractivity contribution in [2.24, 2.45) is 5.92 Å². The van der Waals surface area contributed by atoms with Crippen LogP contribution in [0.3, 0.4) is 0 Å². The van der Waals surface area contributed by atoms with Crippen molar-refractivity contribution in [3.05, 3.63) is 0 Å². The van der Waals surface area contributed by atoms with Crippen LogP contribution in [0.1, 0.15) is 45.4 Å². The first-order chi connectivity index (χ1) is 4.83. The molecule has 0 aliphatic heterocycles. The van der Waals surface area contributed by atoms with Gasteiger partial charge in [-0.1, -0.05) is 26.2 Å². The Hall–Kier alpha value is -0.0400. The summed E-state index contributed by atoms with van der Waals surface area (Å²) in [6, 6.07) is 0. The van der Waals surface area contributed by atoms with Crippen molar-refractivity contribution in [2.75, 3.05) is 0 Å². The number of hydrogen-bond acceptors (Lipinski definition) is 1. The number of aliphatic hydroxyl groups is 1. The zero-order valence-corrected chi connectivity index (χ0v) is 6.84. The number of hydrogen-bond donors (Lipinski definition) is 1. The van der Waals surface area contributed by atoms with E-state index in [1.807, 2.05) is 6.92 Å². The maximum atomic E-state index is 9.23. The SMILES string of the molecule is CCC(O)CCC1CCC1. The molecule has 1 N–H and O–H groups in total. The van der Waals surface area contributed by atoms with Crippen LogP contribution in [0.15, 0.2) is 0 Å². The van der Waals surface area contributed by atoms with Gasteiger partial charge in [-0.2, -0.15) is 0 Å². The lowest BCUT2D eigenvalue weighted by molar-refractivity contribution is 0.139. The van der Waals surface area contributed by atoms with Crippen LogP contribution in [0.25, 0.3) is 0 Å². The summed E-state index contributed by atoms with van der Waals surface area (Å²) in [5, 5.41) is 9.23. The molecule has 1 heteroatoms. The van der Waals surface area contributed by atoms with E-state index in [4.69, 9.17) is 0 Å². The molecule has 60 valence electrons. The molecule has 1 aliphatic carbocycles. The van der Waals surface area contributed by atoms with E-state index in [1.165, 1.54) is 25.7 Å². The first-order valence-corrected chi connectivity index (χ1v) is 4.51. The van der Waals surface area contributed by atoms with Crippen LogP contribution in [-0.2, 0) is 0 Å². The van der Waals surface area contributed by atoms with Gasteiger partial charge in [-0.15, -0.1) is 0 Å². The fraction of sp³-hybridized carbons (Fsp3) is 1.00. The van der Waals surface area contributed by atoms with Gasteiger partial charge >= 0.3 is 0 Å². The van der Waals surface area contributed by atoms with Crippen LogP contribution < -0.4 is 0 Å². The Morgan fingerprint density at radius 1 is 1.50 bits per heavy atom. The lowest BCUT2D eigenvalue weighted by Crippen LogP contribution is -2.14. The Morgan fingerprint density at radius 2 is 2.20 bits per heavy atom. The summed E-state index contributed by atoms with van der Waals surface area (Å²) in [6.45, 7) is 2.05. The third-order valence-corrected chi connectivity index (χ3v) is 2.60. The summed E-state index contributed by atoms with van der Waals surface area (Å²) >= 11 is 0. The van der Waals surface area contributed by atoms with E-state index in [1.54, 1.807) is 0 Å². The summed E-state index contributed by atoms with van der Waals surface area (Å²) in [7, 11) is 0. The topological polar surface area (TPSA) is 20.2 Å². The molecule has 0 aromatic carbocycles. The Balaban J connectivity index is 1.93. The molecule has 1 saturated carbocycles. The molecule has 0 saturated heterocycles. The first-order valence-electron chi connectivity index (χ1n) is 4.51. The second-order valence-corrected chi connectivity index (χ2v) is 3.44. The minimum Gasteiger partial charge on any atom is -0.393 e. The second-order valence-electron chi connectivity index (χ2n) is 3.44. The fourth-order valence-electron chi connectivity index (χ4n) is 1.41. The van der Waals surface area contributed by atoms with E-state index >= 15 is 0 Å². The number of aliphatic hydroxyl groups excluding tert-OH is 1. The molecule has 1 rings (SSSR count). The van der Waals surface area contributed by atoms with E-state index in [0.29, 0.717) is 0 Å². The second kappa shape index (κ2) is 3.97. The lowest BCUT2D eigenvalue weighted by atomic mass is 9.81. The van der Waals surface area contributed by atoms with Gasteiger partial charge in [0.05, 0.1) is 6.10 Å². The lowest BCUT2D eigenvalue weighted by Gasteiger charge is -2.25. The van der Waals surface area contributed by atoms with Gasteiger partial charge in [0.15, 0.2) is 0 Å². The van der Waals surface area contributed by atoms with Crippen LogP contribution in [0.4, 0.5) is 0 Å². The predicted molar refractivity (Wildman–Crippen MR) is 42.9 cm³/mol. The average Bonchev–Trinajstić information content (AvgIpc) is 1.84. The van der Waals surface area contributed by atoms with Crippen molar-refractivity contribution >= 4 is 0 Å². The average molecular weight is 142 g/mol. The molecule has 1 nitrogen and oxygen atoms in total. The van der Waals surface area contributed by atoms with Crippen LogP contribution in [0.5, 0.6) is 0 Å². The Kier molecular flexibility index (Phi) is 3.20. The minimum atomic E-state index is -0.0272. The minimum absolute atomic E-state index is 0.0272. The highest BCUT2D eigenvalue weighted by atomic mass is 16.3. The predicted octanol–water partition coefficient (Wildman–Crippen LogP) is 2.34. The van der Waals surface area contributed by atoms with E-state index in [-0.39, 0.29) is 6.10 Å². The van der Waals surface area contributed by atoms with Crippen molar-refractivity contribution in [3.63, 3.8) is 0 Å². The molecule has 10 heavy (non-hydrogen) atoms. The monoisotopic (exact) mass is 142 g/mol. The molecular weight excluding hydrogens is 124 g/mol. The molecule has 0 heterocycles. The molecule has 1 unspecified atom stereocenters. The molecule has 0 radical (unpaired) electrons. The van der Waals surface area contributed by atoms with Crippen molar-refractivity contribution in [2.45, 2.75) is 51.6 Å². The number of rotatable bonds is 4. The third kappa shape index (κ3) is 2.30. The molecule has 1 fully saturated rings. The molecule has 0 bridgehead atoms. The molecule has 0 aromatic rings. The normalized spacial score (nSPS) is 22.2. The zero-order chi connectivity index (χ0) is 7.40. The highest BCUT2D eigenvalue weighted by Gasteiger charge is 2.17. The maximum absolute atomic E-state index is 9.23. The van der Waals surface area contributed by atoms with Gasteiger partial charge in [-0.05, 0) is 25.2 Å². The van der Waals surface area contributed by atoms with Crippen LogP contribution in [0, 0.1) is 5.92 Å². The Labute approximate surface area is 63.4 Å². The summed E-state index contributed by atoms with van der Waals surface area (Å²) < 4.78 is 0. The summed E-state index contributed by atoms with van der Waals surface area (Å²) in [5.41, 5.74) is 0. The van der Waals surface area contributed by atoms with E-state index in [9.17, 15) is 5.11 Å². The fourth-order valence-corrected chi connectivity index (χ4v) is 1.41. The van der Waals surface area contributed by atoms with Crippen LogP contribution in [-0.4, -0.2) is 11.2 Å². The molecular formula is C9H18O. The van der Waals surface area contributed by atoms with Crippen molar-refractivity contribution in [1.82, 2.24) is 0 Å². The highest BCUT2D eigenvalue weighted by Crippen LogP contribution is 2.30. The zero-order valence-electron chi connectivity index (χ0n) is 6.84. The van der Waals surface area contributed by atoms with Crippen LogP contribution in [0.2, 0.25) is 0 Å².